The molecule has 0 fully saturated rings. The zero-order chi connectivity index (χ0) is 9.07. The largest absolute Gasteiger partial charge is 0.462 e. The zero-order valence-electron chi connectivity index (χ0n) is 7.13. The summed E-state index contributed by atoms with van der Waals surface area (Å²) in [4.78, 5) is 10.7. The minimum absolute atomic E-state index is 0.0205. The van der Waals surface area contributed by atoms with Gasteiger partial charge in [-0.3, -0.25) is 4.79 Å². The minimum Gasteiger partial charge on any atom is -0.462 e. The van der Waals surface area contributed by atoms with Crippen LogP contribution in [0.2, 0.25) is 0 Å². The van der Waals surface area contributed by atoms with E-state index in [1.165, 1.54) is 6.92 Å². The first-order valence-corrected chi connectivity index (χ1v) is 3.47. The average Bonchev–Trinajstić information content (AvgIpc) is 1.80. The van der Waals surface area contributed by atoms with Gasteiger partial charge in [-0.25, -0.2) is 0 Å². The molecule has 11 heavy (non-hydrogen) atoms. The molecule has 0 radical (unpaired) electrons. The first kappa shape index (κ1) is 10.4. The summed E-state index contributed by atoms with van der Waals surface area (Å²) in [5.74, 6) is -0.493. The smallest absolute Gasteiger partial charge is 0.322 e. The number of esters is 1. The Labute approximate surface area is 66.3 Å². The van der Waals surface area contributed by atoms with E-state index in [0.29, 0.717) is 0 Å². The molecule has 0 aromatic heterocycles. The molecule has 0 aromatic rings. The maximum atomic E-state index is 10.7. The number of hydrogen-bond donors (Lipinski definition) is 2. The van der Waals surface area contributed by atoms with Crippen molar-refractivity contribution >= 4 is 5.97 Å². The van der Waals surface area contributed by atoms with E-state index in [-0.39, 0.29) is 6.61 Å². The highest BCUT2D eigenvalue weighted by molar-refractivity contribution is 5.74. The second kappa shape index (κ2) is 3.69. The van der Waals surface area contributed by atoms with Gasteiger partial charge in [0.1, 0.15) is 12.6 Å². The summed E-state index contributed by atoms with van der Waals surface area (Å²) in [5, 5.41) is 9.13. The molecule has 4 heteroatoms. The van der Waals surface area contributed by atoms with E-state index in [9.17, 15) is 4.79 Å². The van der Waals surface area contributed by atoms with E-state index >= 15 is 0 Å². The topological polar surface area (TPSA) is 72.6 Å². The van der Waals surface area contributed by atoms with E-state index in [4.69, 9.17) is 10.8 Å². The highest BCUT2D eigenvalue weighted by Gasteiger charge is 2.17. The third-order valence-electron chi connectivity index (χ3n) is 0.939. The number of hydrogen-bond acceptors (Lipinski definition) is 4. The van der Waals surface area contributed by atoms with E-state index in [2.05, 4.69) is 4.74 Å². The van der Waals surface area contributed by atoms with Gasteiger partial charge in [0.25, 0.3) is 0 Å². The second-order valence-electron chi connectivity index (χ2n) is 3.21. The van der Waals surface area contributed by atoms with Crippen molar-refractivity contribution in [2.75, 3.05) is 6.61 Å². The molecule has 0 aliphatic carbocycles. The van der Waals surface area contributed by atoms with Gasteiger partial charge in [-0.2, -0.15) is 0 Å². The summed E-state index contributed by atoms with van der Waals surface area (Å²) < 4.78 is 4.65. The van der Waals surface area contributed by atoms with Gasteiger partial charge in [0.15, 0.2) is 0 Å². The maximum absolute atomic E-state index is 10.7. The van der Waals surface area contributed by atoms with Crippen LogP contribution in [0.4, 0.5) is 0 Å². The third kappa shape index (κ3) is 5.82. The Morgan fingerprint density at radius 2 is 2.18 bits per heavy atom. The molecule has 0 saturated carbocycles. The van der Waals surface area contributed by atoms with Gasteiger partial charge in [0, 0.05) is 0 Å². The molecule has 0 amide bonds. The number of aliphatic hydroxyl groups is 1. The fraction of sp³-hybridized carbons (Fsp3) is 0.857. The molecule has 0 aliphatic rings. The molecular formula is C7H15NO3. The van der Waals surface area contributed by atoms with Gasteiger partial charge in [0.05, 0.1) is 5.60 Å². The van der Waals surface area contributed by atoms with Crippen molar-refractivity contribution in [3.05, 3.63) is 0 Å². The van der Waals surface area contributed by atoms with Crippen LogP contribution < -0.4 is 5.73 Å². The molecule has 0 aliphatic heterocycles. The van der Waals surface area contributed by atoms with Crippen LogP contribution in [0.15, 0.2) is 0 Å². The highest BCUT2D eigenvalue weighted by Crippen LogP contribution is 2.01. The van der Waals surface area contributed by atoms with Crippen molar-refractivity contribution in [3.63, 3.8) is 0 Å². The van der Waals surface area contributed by atoms with Crippen LogP contribution in [0.1, 0.15) is 20.8 Å². The first-order valence-electron chi connectivity index (χ1n) is 3.47. The molecule has 0 heterocycles. The molecule has 0 spiro atoms. The van der Waals surface area contributed by atoms with Crippen molar-refractivity contribution < 1.29 is 14.6 Å². The first-order chi connectivity index (χ1) is 4.83. The summed E-state index contributed by atoms with van der Waals surface area (Å²) in [6.45, 7) is 4.63. The maximum Gasteiger partial charge on any atom is 0.322 e. The number of carbonyl (C=O) groups is 1. The Kier molecular flexibility index (Phi) is 3.48. The zero-order valence-corrected chi connectivity index (χ0v) is 7.13. The summed E-state index contributed by atoms with van der Waals surface area (Å²) in [7, 11) is 0. The monoisotopic (exact) mass is 161 g/mol. The lowest BCUT2D eigenvalue weighted by Gasteiger charge is -2.17. The predicted molar refractivity (Wildman–Crippen MR) is 40.9 cm³/mol. The van der Waals surface area contributed by atoms with Crippen LogP contribution in [0.5, 0.6) is 0 Å². The lowest BCUT2D eigenvalue weighted by Crippen LogP contribution is -2.34. The minimum atomic E-state index is -0.982. The Morgan fingerprint density at radius 3 is 2.45 bits per heavy atom. The summed E-state index contributed by atoms with van der Waals surface area (Å²) >= 11 is 0. The van der Waals surface area contributed by atoms with E-state index in [0.717, 1.165) is 0 Å². The molecule has 0 unspecified atom stereocenters. The average molecular weight is 161 g/mol. The standard InChI is InChI=1S/C7H15NO3/c1-5(8)6(9)11-4-7(2,3)10/h5,10H,4,8H2,1-3H3/t5-/m0/s1. The molecule has 0 rings (SSSR count). The van der Waals surface area contributed by atoms with Crippen LogP contribution in [-0.4, -0.2) is 29.3 Å². The van der Waals surface area contributed by atoms with Crippen molar-refractivity contribution in [1.29, 1.82) is 0 Å². The van der Waals surface area contributed by atoms with Crippen LogP contribution >= 0.6 is 0 Å². The molecule has 4 nitrogen and oxygen atoms in total. The fourth-order valence-corrected chi connectivity index (χ4v) is 0.379. The summed E-state index contributed by atoms with van der Waals surface area (Å²) in [6, 6.07) is -0.627. The second-order valence-corrected chi connectivity index (χ2v) is 3.21. The van der Waals surface area contributed by atoms with Crippen molar-refractivity contribution in [2.45, 2.75) is 32.4 Å². The molecular weight excluding hydrogens is 146 g/mol. The highest BCUT2D eigenvalue weighted by atomic mass is 16.5. The van der Waals surface area contributed by atoms with Crippen molar-refractivity contribution in [3.8, 4) is 0 Å². The molecule has 1 atom stereocenters. The van der Waals surface area contributed by atoms with Gasteiger partial charge in [-0.15, -0.1) is 0 Å². The van der Waals surface area contributed by atoms with Gasteiger partial charge >= 0.3 is 5.97 Å². The van der Waals surface area contributed by atoms with Crippen molar-refractivity contribution in [2.24, 2.45) is 5.73 Å². The molecule has 3 N–H and O–H groups in total. The van der Waals surface area contributed by atoms with Crippen LogP contribution in [0.3, 0.4) is 0 Å². The third-order valence-corrected chi connectivity index (χ3v) is 0.939. The van der Waals surface area contributed by atoms with Gasteiger partial charge in [0.2, 0.25) is 0 Å². The quantitative estimate of drug-likeness (QED) is 0.555. The molecule has 0 bridgehead atoms. The Balaban J connectivity index is 3.64. The normalized spacial score (nSPS) is 14.3. The fourth-order valence-electron chi connectivity index (χ4n) is 0.379. The molecule has 0 aromatic carbocycles. The van der Waals surface area contributed by atoms with E-state index in [1.807, 2.05) is 0 Å². The number of rotatable bonds is 3. The van der Waals surface area contributed by atoms with Crippen LogP contribution in [-0.2, 0) is 9.53 Å². The lowest BCUT2D eigenvalue weighted by molar-refractivity contribution is -0.150. The summed E-state index contributed by atoms with van der Waals surface area (Å²) in [5.41, 5.74) is 4.23. The van der Waals surface area contributed by atoms with Crippen molar-refractivity contribution in [1.82, 2.24) is 0 Å². The van der Waals surface area contributed by atoms with E-state index < -0.39 is 17.6 Å². The number of nitrogens with two attached hydrogens (primary N) is 1. The van der Waals surface area contributed by atoms with Gasteiger partial charge in [-0.05, 0) is 20.8 Å². The predicted octanol–water partition coefficient (Wildman–Crippen LogP) is -0.352. The van der Waals surface area contributed by atoms with Crippen LogP contribution in [0, 0.1) is 0 Å². The van der Waals surface area contributed by atoms with E-state index in [1.54, 1.807) is 13.8 Å². The van der Waals surface area contributed by atoms with Crippen LogP contribution in [0.25, 0.3) is 0 Å². The SMILES string of the molecule is C[C@H](N)C(=O)OCC(C)(C)O. The Bertz CT molecular complexity index is 137. The summed E-state index contributed by atoms with van der Waals surface area (Å²) in [6.07, 6.45) is 0. The number of ether oxygens (including phenoxy) is 1. The lowest BCUT2D eigenvalue weighted by atomic mass is 10.2. The van der Waals surface area contributed by atoms with Gasteiger partial charge in [-0.1, -0.05) is 0 Å². The Hall–Kier alpha value is -0.610. The Morgan fingerprint density at radius 1 is 1.73 bits per heavy atom. The molecule has 0 saturated heterocycles. The van der Waals surface area contributed by atoms with Gasteiger partial charge < -0.3 is 15.6 Å². The number of carbonyl (C=O) groups excluding carboxylic acids is 1. The molecule has 66 valence electrons.